The number of nitrogens with zero attached hydrogens (tertiary/aromatic N) is 1. The highest BCUT2D eigenvalue weighted by Crippen LogP contribution is 2.40. The minimum Gasteiger partial charge on any atom is -0.494 e. The van der Waals surface area contributed by atoms with Gasteiger partial charge < -0.3 is 4.74 Å². The van der Waals surface area contributed by atoms with E-state index in [-0.39, 0.29) is 10.0 Å². The zero-order valence-electron chi connectivity index (χ0n) is 14.0. The van der Waals surface area contributed by atoms with E-state index in [4.69, 9.17) is 17.0 Å². The number of thioether (sulfide) groups is 1. The van der Waals surface area contributed by atoms with Crippen molar-refractivity contribution >= 4 is 77.8 Å². The average molecular weight is 553 g/mol. The molecule has 1 amide bonds. The predicted octanol–water partition coefficient (Wildman–Crippen LogP) is 6.64. The number of benzene rings is 2. The summed E-state index contributed by atoms with van der Waals surface area (Å²) in [6.07, 6.45) is -2.88. The minimum absolute atomic E-state index is 0.0813. The summed E-state index contributed by atoms with van der Waals surface area (Å²) < 4.78 is 45.7. The number of ether oxygens (including phenoxy) is 1. The number of anilines is 1. The largest absolute Gasteiger partial charge is 0.494 e. The monoisotopic (exact) mass is 551 g/mol. The molecule has 0 atom stereocenters. The first-order valence-corrected chi connectivity index (χ1v) is 10.4. The maximum atomic E-state index is 13.0. The van der Waals surface area contributed by atoms with Crippen molar-refractivity contribution in [1.82, 2.24) is 0 Å². The molecule has 1 fully saturated rings. The van der Waals surface area contributed by atoms with Crippen LogP contribution in [0.15, 0.2) is 50.2 Å². The smallest absolute Gasteiger partial charge is 0.416 e. The summed E-state index contributed by atoms with van der Waals surface area (Å²) in [5, 5.41) is 0. The van der Waals surface area contributed by atoms with E-state index in [1.807, 2.05) is 0 Å². The first-order chi connectivity index (χ1) is 13.1. The Labute approximate surface area is 185 Å². The fourth-order valence-electron chi connectivity index (χ4n) is 2.52. The Bertz CT molecular complexity index is 986. The highest BCUT2D eigenvalue weighted by atomic mass is 79.9. The fraction of sp³-hybridized carbons (Fsp3) is 0.111. The predicted molar refractivity (Wildman–Crippen MR) is 115 cm³/mol. The summed E-state index contributed by atoms with van der Waals surface area (Å²) >= 11 is 13.0. The van der Waals surface area contributed by atoms with Gasteiger partial charge in [-0.15, -0.1) is 0 Å². The van der Waals surface area contributed by atoms with Crippen molar-refractivity contribution < 1.29 is 22.7 Å². The van der Waals surface area contributed by atoms with Crippen molar-refractivity contribution in [2.45, 2.75) is 6.18 Å². The molecule has 1 aliphatic rings. The first kappa shape index (κ1) is 21.4. The van der Waals surface area contributed by atoms with Crippen LogP contribution in [0, 0.1) is 0 Å². The SMILES string of the molecule is COc1c(Br)cc(/C=C2\SC(=S)N(c3cccc(C(F)(F)F)c3)C2=O)cc1Br. The van der Waals surface area contributed by atoms with Crippen LogP contribution >= 0.6 is 55.8 Å². The van der Waals surface area contributed by atoms with Crippen LogP contribution in [0.2, 0.25) is 0 Å². The summed E-state index contributed by atoms with van der Waals surface area (Å²) in [5.74, 6) is 0.131. The second-order valence-electron chi connectivity index (χ2n) is 5.58. The van der Waals surface area contributed by atoms with Crippen molar-refractivity contribution in [2.24, 2.45) is 0 Å². The van der Waals surface area contributed by atoms with Crippen LogP contribution in [-0.2, 0) is 11.0 Å². The van der Waals surface area contributed by atoms with E-state index in [0.29, 0.717) is 25.2 Å². The molecule has 0 N–H and O–H groups in total. The van der Waals surface area contributed by atoms with Gasteiger partial charge in [-0.2, -0.15) is 13.2 Å². The topological polar surface area (TPSA) is 29.5 Å². The van der Waals surface area contributed by atoms with E-state index in [2.05, 4.69) is 31.9 Å². The van der Waals surface area contributed by atoms with Crippen LogP contribution in [0.25, 0.3) is 6.08 Å². The lowest BCUT2D eigenvalue weighted by atomic mass is 10.1. The molecule has 0 aromatic heterocycles. The van der Waals surface area contributed by atoms with Crippen LogP contribution in [0.4, 0.5) is 18.9 Å². The zero-order chi connectivity index (χ0) is 20.6. The summed E-state index contributed by atoms with van der Waals surface area (Å²) in [7, 11) is 1.53. The zero-order valence-corrected chi connectivity index (χ0v) is 18.8. The minimum atomic E-state index is -4.51. The van der Waals surface area contributed by atoms with E-state index in [0.717, 1.165) is 28.8 Å². The first-order valence-electron chi connectivity index (χ1n) is 7.60. The van der Waals surface area contributed by atoms with Gasteiger partial charge in [0.25, 0.3) is 5.91 Å². The van der Waals surface area contributed by atoms with Crippen LogP contribution in [-0.4, -0.2) is 17.3 Å². The van der Waals surface area contributed by atoms with Gasteiger partial charge in [0.2, 0.25) is 0 Å². The van der Waals surface area contributed by atoms with Gasteiger partial charge in [0, 0.05) is 0 Å². The lowest BCUT2D eigenvalue weighted by molar-refractivity contribution is -0.137. The Morgan fingerprint density at radius 3 is 2.39 bits per heavy atom. The summed E-state index contributed by atoms with van der Waals surface area (Å²) in [5.41, 5.74) is -0.0621. The summed E-state index contributed by atoms with van der Waals surface area (Å²) in [4.78, 5) is 14.2. The molecule has 0 saturated carbocycles. The van der Waals surface area contributed by atoms with Crippen LogP contribution < -0.4 is 9.64 Å². The van der Waals surface area contributed by atoms with E-state index in [1.54, 1.807) is 18.2 Å². The molecule has 0 spiro atoms. The number of hydrogen-bond acceptors (Lipinski definition) is 4. The second-order valence-corrected chi connectivity index (χ2v) is 8.97. The van der Waals surface area contributed by atoms with E-state index >= 15 is 0 Å². The normalized spacial score (nSPS) is 16.2. The number of carbonyl (C=O) groups excluding carboxylic acids is 1. The standard InChI is InChI=1S/C18H10Br2F3NO2S2/c1-26-15-12(19)5-9(6-13(15)20)7-14-16(25)24(17(27)28-14)11-4-2-3-10(8-11)18(21,22)23/h2-8H,1H3/b14-7-. The number of hydrogen-bond donors (Lipinski definition) is 0. The molecule has 2 aromatic carbocycles. The molecule has 3 nitrogen and oxygen atoms in total. The molecule has 1 aliphatic heterocycles. The van der Waals surface area contributed by atoms with Crippen molar-refractivity contribution in [3.63, 3.8) is 0 Å². The summed E-state index contributed by atoms with van der Waals surface area (Å²) in [6.45, 7) is 0. The molecule has 3 rings (SSSR count). The Hall–Kier alpha value is -1.36. The molecular formula is C18H10Br2F3NO2S2. The number of rotatable bonds is 3. The Morgan fingerprint density at radius 1 is 1.18 bits per heavy atom. The van der Waals surface area contributed by atoms with Gasteiger partial charge in [0.15, 0.2) is 4.32 Å². The summed E-state index contributed by atoms with van der Waals surface area (Å²) in [6, 6.07) is 8.06. The van der Waals surface area contributed by atoms with Gasteiger partial charge in [-0.25, -0.2) is 0 Å². The third-order valence-electron chi connectivity index (χ3n) is 3.75. The van der Waals surface area contributed by atoms with Crippen molar-refractivity contribution in [1.29, 1.82) is 0 Å². The van der Waals surface area contributed by atoms with Crippen LogP contribution in [0.1, 0.15) is 11.1 Å². The highest BCUT2D eigenvalue weighted by molar-refractivity contribution is 9.11. The average Bonchev–Trinajstić information content (AvgIpc) is 2.87. The number of halogens is 5. The van der Waals surface area contributed by atoms with E-state index in [9.17, 15) is 18.0 Å². The molecule has 1 saturated heterocycles. The van der Waals surface area contributed by atoms with Crippen LogP contribution in [0.3, 0.4) is 0 Å². The van der Waals surface area contributed by atoms with Gasteiger partial charge in [-0.3, -0.25) is 9.69 Å². The molecule has 0 unspecified atom stereocenters. The second kappa shape index (κ2) is 8.17. The molecule has 10 heteroatoms. The lowest BCUT2D eigenvalue weighted by Crippen LogP contribution is -2.27. The Balaban J connectivity index is 1.96. The van der Waals surface area contributed by atoms with Crippen LogP contribution in [0.5, 0.6) is 5.75 Å². The fourth-order valence-corrected chi connectivity index (χ4v) is 5.37. The molecule has 0 radical (unpaired) electrons. The molecule has 0 aliphatic carbocycles. The van der Waals surface area contributed by atoms with E-state index < -0.39 is 17.6 Å². The van der Waals surface area contributed by atoms with E-state index in [1.165, 1.54) is 19.2 Å². The third-order valence-corrected chi connectivity index (χ3v) is 6.23. The quantitative estimate of drug-likeness (QED) is 0.315. The highest BCUT2D eigenvalue weighted by Gasteiger charge is 2.36. The third kappa shape index (κ3) is 4.29. The van der Waals surface area contributed by atoms with Gasteiger partial charge in [0.1, 0.15) is 5.75 Å². The molecule has 0 bridgehead atoms. The molecule has 2 aromatic rings. The van der Waals surface area contributed by atoms with Gasteiger partial charge in [-0.05, 0) is 73.8 Å². The molecular weight excluding hydrogens is 543 g/mol. The van der Waals surface area contributed by atoms with Crippen molar-refractivity contribution in [3.8, 4) is 5.75 Å². The van der Waals surface area contributed by atoms with Gasteiger partial charge in [-0.1, -0.05) is 30.0 Å². The van der Waals surface area contributed by atoms with Gasteiger partial charge >= 0.3 is 6.18 Å². The number of methoxy groups -OCH3 is 1. The molecule has 28 heavy (non-hydrogen) atoms. The maximum absolute atomic E-state index is 13.0. The maximum Gasteiger partial charge on any atom is 0.416 e. The number of amides is 1. The number of thiocarbonyl (C=S) groups is 1. The van der Waals surface area contributed by atoms with Gasteiger partial charge in [0.05, 0.1) is 32.2 Å². The molecule has 146 valence electrons. The Kier molecular flexibility index (Phi) is 6.23. The number of alkyl halides is 3. The molecule has 1 heterocycles. The van der Waals surface area contributed by atoms with Crippen molar-refractivity contribution in [3.05, 3.63) is 61.4 Å². The Morgan fingerprint density at radius 2 is 1.82 bits per heavy atom. The van der Waals surface area contributed by atoms with Crippen molar-refractivity contribution in [2.75, 3.05) is 12.0 Å². The number of carbonyl (C=O) groups is 1. The lowest BCUT2D eigenvalue weighted by Gasteiger charge is -2.16.